The molecule has 1 aliphatic rings. The monoisotopic (exact) mass is 267 g/mol. The number of nitrogens with zero attached hydrogens (tertiary/aromatic N) is 3. The van der Waals surface area contributed by atoms with Gasteiger partial charge in [0.15, 0.2) is 5.82 Å². The summed E-state index contributed by atoms with van der Waals surface area (Å²) in [7, 11) is 0. The van der Waals surface area contributed by atoms with Gasteiger partial charge in [0.2, 0.25) is 0 Å². The minimum Gasteiger partial charge on any atom is -0.234 e. The zero-order chi connectivity index (χ0) is 13.1. The molecule has 94 valence electrons. The van der Waals surface area contributed by atoms with Gasteiger partial charge in [-0.25, -0.2) is 9.97 Å². The van der Waals surface area contributed by atoms with E-state index in [0.717, 1.165) is 11.5 Å². The third-order valence-corrected chi connectivity index (χ3v) is 3.34. The number of benzene rings is 1. The lowest BCUT2D eigenvalue weighted by Gasteiger charge is -2.02. The van der Waals surface area contributed by atoms with E-state index in [0.29, 0.717) is 11.5 Å². The van der Waals surface area contributed by atoms with E-state index in [2.05, 4.69) is 56.6 Å². The maximum atomic E-state index is 4.54. The first-order chi connectivity index (χ1) is 9.35. The highest BCUT2D eigenvalue weighted by Crippen LogP contribution is 2.32. The van der Waals surface area contributed by atoms with Gasteiger partial charge >= 0.3 is 0 Å². The van der Waals surface area contributed by atoms with Gasteiger partial charge in [0.1, 0.15) is 5.69 Å². The van der Waals surface area contributed by atoms with Crippen LogP contribution in [0.5, 0.6) is 0 Å². The van der Waals surface area contributed by atoms with Crippen molar-refractivity contribution in [3.8, 4) is 11.4 Å². The van der Waals surface area contributed by atoms with Crippen LogP contribution >= 0.6 is 12.2 Å². The lowest BCUT2D eigenvalue weighted by atomic mass is 10.1. The molecule has 0 atom stereocenters. The van der Waals surface area contributed by atoms with Crippen LogP contribution in [-0.2, 0) is 6.42 Å². The van der Waals surface area contributed by atoms with Crippen molar-refractivity contribution in [3.63, 3.8) is 0 Å². The maximum Gasteiger partial charge on any atom is 0.159 e. The normalized spacial score (nSPS) is 13.9. The number of hydrogen-bond donors (Lipinski definition) is 0. The van der Waals surface area contributed by atoms with Gasteiger partial charge in [-0.15, -0.1) is 0 Å². The molecule has 0 amide bonds. The van der Waals surface area contributed by atoms with Crippen LogP contribution in [0.15, 0.2) is 41.7 Å². The number of hydrogen-bond acceptors (Lipinski definition) is 4. The average molecular weight is 267 g/mol. The quantitative estimate of drug-likeness (QED) is 0.624. The SMILES string of the molecule is S=C=Nc1cnc(-c2ccc(CC3CC3)cc2)nc1. The van der Waals surface area contributed by atoms with Gasteiger partial charge in [0.05, 0.1) is 17.6 Å². The molecule has 0 bridgehead atoms. The van der Waals surface area contributed by atoms with Gasteiger partial charge < -0.3 is 0 Å². The standard InChI is InChI=1S/C15H13N3S/c19-10-18-14-8-16-15(17-9-14)13-5-3-12(4-6-13)7-11-1-2-11/h3-6,8-9,11H,1-2,7H2. The average Bonchev–Trinajstić information content (AvgIpc) is 3.25. The summed E-state index contributed by atoms with van der Waals surface area (Å²) in [5.74, 6) is 1.62. The molecule has 0 unspecified atom stereocenters. The van der Waals surface area contributed by atoms with E-state index < -0.39 is 0 Å². The Hall–Kier alpha value is -1.90. The zero-order valence-electron chi connectivity index (χ0n) is 10.4. The Balaban J connectivity index is 1.78. The van der Waals surface area contributed by atoms with Crippen molar-refractivity contribution >= 4 is 23.1 Å². The van der Waals surface area contributed by atoms with Gasteiger partial charge in [0.25, 0.3) is 0 Å². The topological polar surface area (TPSA) is 38.1 Å². The summed E-state index contributed by atoms with van der Waals surface area (Å²) in [6.45, 7) is 0. The first-order valence-electron chi connectivity index (χ1n) is 6.34. The molecule has 1 heterocycles. The Morgan fingerprint density at radius 2 is 1.84 bits per heavy atom. The van der Waals surface area contributed by atoms with Gasteiger partial charge in [-0.05, 0) is 43.0 Å². The first kappa shape index (κ1) is 12.2. The fraction of sp³-hybridized carbons (Fsp3) is 0.267. The smallest absolute Gasteiger partial charge is 0.159 e. The Morgan fingerprint density at radius 3 is 2.42 bits per heavy atom. The largest absolute Gasteiger partial charge is 0.234 e. The first-order valence-corrected chi connectivity index (χ1v) is 6.75. The highest BCUT2D eigenvalue weighted by Gasteiger charge is 2.21. The van der Waals surface area contributed by atoms with E-state index in [1.165, 1.54) is 24.8 Å². The summed E-state index contributed by atoms with van der Waals surface area (Å²) in [5.41, 5.74) is 3.05. The van der Waals surface area contributed by atoms with Crippen LogP contribution < -0.4 is 0 Å². The van der Waals surface area contributed by atoms with E-state index in [1.807, 2.05) is 0 Å². The van der Waals surface area contributed by atoms with Crippen molar-refractivity contribution < 1.29 is 0 Å². The lowest BCUT2D eigenvalue weighted by molar-refractivity contribution is 0.832. The second kappa shape index (κ2) is 5.39. The number of aliphatic imine (C=N–C) groups is 1. The summed E-state index contributed by atoms with van der Waals surface area (Å²) in [5, 5.41) is 2.30. The summed E-state index contributed by atoms with van der Waals surface area (Å²) < 4.78 is 0. The number of rotatable bonds is 4. The predicted octanol–water partition coefficient (Wildman–Crippen LogP) is 3.83. The Labute approximate surface area is 117 Å². The fourth-order valence-electron chi connectivity index (χ4n) is 2.03. The van der Waals surface area contributed by atoms with Crippen molar-refractivity contribution in [2.45, 2.75) is 19.3 Å². The number of aromatic nitrogens is 2. The molecule has 3 nitrogen and oxygen atoms in total. The van der Waals surface area contributed by atoms with Crippen molar-refractivity contribution in [2.75, 3.05) is 0 Å². The van der Waals surface area contributed by atoms with E-state index in [-0.39, 0.29) is 0 Å². The van der Waals surface area contributed by atoms with Crippen LogP contribution in [0.4, 0.5) is 5.69 Å². The fourth-order valence-corrected chi connectivity index (χ4v) is 2.13. The molecule has 0 saturated heterocycles. The van der Waals surface area contributed by atoms with Crippen molar-refractivity contribution in [1.82, 2.24) is 9.97 Å². The van der Waals surface area contributed by atoms with Gasteiger partial charge in [0, 0.05) is 5.56 Å². The third-order valence-electron chi connectivity index (χ3n) is 3.25. The van der Waals surface area contributed by atoms with E-state index in [4.69, 9.17) is 0 Å². The van der Waals surface area contributed by atoms with E-state index in [9.17, 15) is 0 Å². The van der Waals surface area contributed by atoms with Crippen LogP contribution in [0.1, 0.15) is 18.4 Å². The molecule has 1 fully saturated rings. The van der Waals surface area contributed by atoms with Crippen molar-refractivity contribution in [2.24, 2.45) is 10.9 Å². The molecule has 0 N–H and O–H groups in total. The minimum absolute atomic E-state index is 0.629. The Morgan fingerprint density at radius 1 is 1.16 bits per heavy atom. The molecular weight excluding hydrogens is 254 g/mol. The highest BCUT2D eigenvalue weighted by molar-refractivity contribution is 7.78. The van der Waals surface area contributed by atoms with Crippen LogP contribution in [-0.4, -0.2) is 15.1 Å². The molecule has 0 spiro atoms. The molecular formula is C15H13N3S. The summed E-state index contributed by atoms with van der Waals surface area (Å²) in [6, 6.07) is 8.49. The molecule has 1 saturated carbocycles. The molecule has 1 aromatic heterocycles. The third kappa shape index (κ3) is 3.11. The number of isothiocyanates is 1. The maximum absolute atomic E-state index is 4.54. The summed E-state index contributed by atoms with van der Waals surface area (Å²) in [6.07, 6.45) is 7.27. The van der Waals surface area contributed by atoms with Crippen LogP contribution in [0.25, 0.3) is 11.4 Å². The van der Waals surface area contributed by atoms with Gasteiger partial charge in [-0.3, -0.25) is 0 Å². The van der Waals surface area contributed by atoms with Gasteiger partial charge in [-0.1, -0.05) is 24.3 Å². The zero-order valence-corrected chi connectivity index (χ0v) is 11.2. The van der Waals surface area contributed by atoms with Crippen LogP contribution in [0, 0.1) is 5.92 Å². The Bertz CT molecular complexity index is 609. The molecule has 0 aliphatic heterocycles. The predicted molar refractivity (Wildman–Crippen MR) is 78.6 cm³/mol. The molecule has 3 rings (SSSR count). The second-order valence-electron chi connectivity index (χ2n) is 4.81. The van der Waals surface area contributed by atoms with Crippen LogP contribution in [0.3, 0.4) is 0 Å². The van der Waals surface area contributed by atoms with Gasteiger partial charge in [-0.2, -0.15) is 4.99 Å². The summed E-state index contributed by atoms with van der Waals surface area (Å²) in [4.78, 5) is 12.4. The van der Waals surface area contributed by atoms with E-state index >= 15 is 0 Å². The highest BCUT2D eigenvalue weighted by atomic mass is 32.1. The molecule has 0 radical (unpaired) electrons. The molecule has 4 heteroatoms. The molecule has 1 aromatic carbocycles. The molecule has 1 aliphatic carbocycles. The van der Waals surface area contributed by atoms with Crippen molar-refractivity contribution in [3.05, 3.63) is 42.2 Å². The Kier molecular flexibility index (Phi) is 3.45. The van der Waals surface area contributed by atoms with Crippen molar-refractivity contribution in [1.29, 1.82) is 0 Å². The molecule has 19 heavy (non-hydrogen) atoms. The minimum atomic E-state index is 0.629. The van der Waals surface area contributed by atoms with Crippen LogP contribution in [0.2, 0.25) is 0 Å². The molecule has 2 aromatic rings. The summed E-state index contributed by atoms with van der Waals surface area (Å²) >= 11 is 4.54. The second-order valence-corrected chi connectivity index (χ2v) is 4.99. The van der Waals surface area contributed by atoms with E-state index in [1.54, 1.807) is 12.4 Å². The lowest BCUT2D eigenvalue weighted by Crippen LogP contribution is -1.90. The number of thiocarbonyl (C=S) groups is 1.